The van der Waals surface area contributed by atoms with Crippen molar-refractivity contribution >= 4 is 29.2 Å². The third-order valence-corrected chi connectivity index (χ3v) is 7.89. The van der Waals surface area contributed by atoms with Crippen molar-refractivity contribution in [1.82, 2.24) is 5.32 Å². The molecule has 6 heteroatoms. The number of rotatable bonds is 3. The standard InChI is InChI=1S/C20H28ClNO4/c1-10-7-14(24)17-19(2,3)15(21)5-6-20(17,4)12(10)9-13(23)11-8-16(25)22-18(11)26/h11-13,15,17,23H,1,5-9H2,2-4H3,(H,22,25,26)/t11-,12+,13+,15+,17-,20-/m1/s1. The summed E-state index contributed by atoms with van der Waals surface area (Å²) in [6, 6.07) is 0. The summed E-state index contributed by atoms with van der Waals surface area (Å²) < 4.78 is 0. The number of Topliss-reactive ketones (excluding diaryl/α,β-unsaturated/α-hetero) is 1. The maximum atomic E-state index is 12.9. The largest absolute Gasteiger partial charge is 0.392 e. The number of allylic oxidation sites excluding steroid dienone is 1. The smallest absolute Gasteiger partial charge is 0.232 e. The van der Waals surface area contributed by atoms with Gasteiger partial charge in [-0.1, -0.05) is 32.9 Å². The fraction of sp³-hybridized carbons (Fsp3) is 0.750. The minimum atomic E-state index is -0.925. The second kappa shape index (κ2) is 6.45. The minimum absolute atomic E-state index is 0.0213. The predicted molar refractivity (Wildman–Crippen MR) is 98.4 cm³/mol. The van der Waals surface area contributed by atoms with E-state index in [1.807, 2.05) is 0 Å². The maximum Gasteiger partial charge on any atom is 0.232 e. The van der Waals surface area contributed by atoms with Gasteiger partial charge in [0.15, 0.2) is 0 Å². The molecule has 144 valence electrons. The summed E-state index contributed by atoms with van der Waals surface area (Å²) in [4.78, 5) is 36.3. The first kappa shape index (κ1) is 19.6. The first-order chi connectivity index (χ1) is 12.0. The lowest BCUT2D eigenvalue weighted by atomic mass is 9.46. The van der Waals surface area contributed by atoms with E-state index < -0.39 is 17.9 Å². The van der Waals surface area contributed by atoms with E-state index in [4.69, 9.17) is 11.6 Å². The van der Waals surface area contributed by atoms with Crippen LogP contribution >= 0.6 is 11.6 Å². The lowest BCUT2D eigenvalue weighted by molar-refractivity contribution is -0.145. The number of halogens is 1. The monoisotopic (exact) mass is 381 g/mol. The summed E-state index contributed by atoms with van der Waals surface area (Å²) in [6.45, 7) is 10.3. The molecular weight excluding hydrogens is 354 g/mol. The zero-order valence-electron chi connectivity index (χ0n) is 15.7. The zero-order chi connectivity index (χ0) is 19.4. The zero-order valence-corrected chi connectivity index (χ0v) is 16.4. The molecule has 2 saturated carbocycles. The van der Waals surface area contributed by atoms with Crippen LogP contribution in [0.5, 0.6) is 0 Å². The number of imide groups is 1. The number of nitrogens with one attached hydrogen (secondary N) is 1. The molecule has 3 aliphatic rings. The Morgan fingerprint density at radius 3 is 2.54 bits per heavy atom. The van der Waals surface area contributed by atoms with Crippen LogP contribution in [0, 0.1) is 28.6 Å². The van der Waals surface area contributed by atoms with E-state index in [1.165, 1.54) is 0 Å². The Kier molecular flexibility index (Phi) is 4.85. The highest BCUT2D eigenvalue weighted by molar-refractivity contribution is 6.21. The highest BCUT2D eigenvalue weighted by atomic mass is 35.5. The SMILES string of the molecule is C=C1CC(=O)[C@@H]2C(C)(C)[C@@H](Cl)CC[C@]2(C)[C@H]1C[C@H](O)[C@H]1CC(=O)NC1=O. The van der Waals surface area contributed by atoms with Gasteiger partial charge in [0.2, 0.25) is 11.8 Å². The molecule has 3 fully saturated rings. The highest BCUT2D eigenvalue weighted by Crippen LogP contribution is 2.61. The van der Waals surface area contributed by atoms with Crippen molar-refractivity contribution in [2.45, 2.75) is 64.4 Å². The van der Waals surface area contributed by atoms with Crippen molar-refractivity contribution in [2.75, 3.05) is 0 Å². The molecule has 0 aromatic rings. The molecule has 0 bridgehead atoms. The van der Waals surface area contributed by atoms with Gasteiger partial charge < -0.3 is 5.11 Å². The number of fused-ring (bicyclic) bond motifs is 1. The summed E-state index contributed by atoms with van der Waals surface area (Å²) in [5, 5.41) is 12.9. The van der Waals surface area contributed by atoms with Gasteiger partial charge in [0, 0.05) is 24.1 Å². The number of aliphatic hydroxyl groups excluding tert-OH is 1. The summed E-state index contributed by atoms with van der Waals surface area (Å²) in [6.07, 6.45) is 1.32. The number of hydrogen-bond donors (Lipinski definition) is 2. The van der Waals surface area contributed by atoms with Crippen LogP contribution in [0.15, 0.2) is 12.2 Å². The average molecular weight is 382 g/mol. The summed E-state index contributed by atoms with van der Waals surface area (Å²) in [5.74, 6) is -1.57. The molecule has 2 N–H and O–H groups in total. The molecule has 0 unspecified atom stereocenters. The molecular formula is C20H28ClNO4. The molecule has 1 heterocycles. The normalized spacial score (nSPS) is 41.0. The minimum Gasteiger partial charge on any atom is -0.392 e. The second-order valence-electron chi connectivity index (χ2n) is 9.15. The Morgan fingerprint density at radius 2 is 1.96 bits per heavy atom. The van der Waals surface area contributed by atoms with Gasteiger partial charge in [0.05, 0.1) is 12.0 Å². The third-order valence-electron chi connectivity index (χ3n) is 7.11. The van der Waals surface area contributed by atoms with E-state index in [0.29, 0.717) is 12.8 Å². The van der Waals surface area contributed by atoms with Gasteiger partial charge in [-0.25, -0.2) is 0 Å². The number of carbonyl (C=O) groups excluding carboxylic acids is 3. The lowest BCUT2D eigenvalue weighted by Crippen LogP contribution is -2.57. The number of alkyl halides is 1. The highest BCUT2D eigenvalue weighted by Gasteiger charge is 2.59. The van der Waals surface area contributed by atoms with Crippen LogP contribution in [0.3, 0.4) is 0 Å². The number of amides is 2. The second-order valence-corrected chi connectivity index (χ2v) is 9.67. The van der Waals surface area contributed by atoms with E-state index in [-0.39, 0.29) is 46.2 Å². The third kappa shape index (κ3) is 2.93. The van der Waals surface area contributed by atoms with Crippen LogP contribution in [0.1, 0.15) is 52.9 Å². The lowest BCUT2D eigenvalue weighted by Gasteiger charge is -2.58. The van der Waals surface area contributed by atoms with Crippen LogP contribution in [-0.4, -0.2) is 34.2 Å². The molecule has 0 aromatic carbocycles. The molecule has 1 aliphatic heterocycles. The molecule has 2 aliphatic carbocycles. The van der Waals surface area contributed by atoms with Gasteiger partial charge in [-0.3, -0.25) is 19.7 Å². The molecule has 0 aromatic heterocycles. The predicted octanol–water partition coefficient (Wildman–Crippen LogP) is 2.60. The first-order valence-corrected chi connectivity index (χ1v) is 9.78. The van der Waals surface area contributed by atoms with Crippen molar-refractivity contribution in [3.63, 3.8) is 0 Å². The molecule has 3 rings (SSSR count). The van der Waals surface area contributed by atoms with E-state index in [2.05, 4.69) is 32.7 Å². The van der Waals surface area contributed by atoms with Crippen LogP contribution in [0.2, 0.25) is 0 Å². The van der Waals surface area contributed by atoms with E-state index in [0.717, 1.165) is 18.4 Å². The molecule has 26 heavy (non-hydrogen) atoms. The van der Waals surface area contributed by atoms with Gasteiger partial charge in [-0.2, -0.15) is 0 Å². The molecule has 0 spiro atoms. The van der Waals surface area contributed by atoms with Crippen LogP contribution in [0.4, 0.5) is 0 Å². The van der Waals surface area contributed by atoms with E-state index in [1.54, 1.807) is 0 Å². The molecule has 2 amide bonds. The van der Waals surface area contributed by atoms with Gasteiger partial charge in [-0.15, -0.1) is 11.6 Å². The Morgan fingerprint density at radius 1 is 1.31 bits per heavy atom. The van der Waals surface area contributed by atoms with E-state index >= 15 is 0 Å². The van der Waals surface area contributed by atoms with Crippen LogP contribution < -0.4 is 5.32 Å². The van der Waals surface area contributed by atoms with Crippen molar-refractivity contribution in [3.8, 4) is 0 Å². The number of carbonyl (C=O) groups is 3. The molecule has 0 radical (unpaired) electrons. The summed E-state index contributed by atoms with van der Waals surface area (Å²) >= 11 is 6.57. The Hall–Kier alpha value is -1.20. The first-order valence-electron chi connectivity index (χ1n) is 9.34. The van der Waals surface area contributed by atoms with Crippen molar-refractivity contribution in [1.29, 1.82) is 0 Å². The topological polar surface area (TPSA) is 83.5 Å². The Labute approximate surface area is 159 Å². The van der Waals surface area contributed by atoms with Crippen LogP contribution in [0.25, 0.3) is 0 Å². The Balaban J connectivity index is 1.89. The number of aliphatic hydroxyl groups is 1. The van der Waals surface area contributed by atoms with Crippen LogP contribution in [-0.2, 0) is 14.4 Å². The van der Waals surface area contributed by atoms with Crippen molar-refractivity contribution in [2.24, 2.45) is 28.6 Å². The quantitative estimate of drug-likeness (QED) is 0.447. The maximum absolute atomic E-state index is 12.9. The average Bonchev–Trinajstić information content (AvgIpc) is 2.86. The molecule has 6 atom stereocenters. The molecule has 1 saturated heterocycles. The fourth-order valence-corrected chi connectivity index (χ4v) is 6.02. The fourth-order valence-electron chi connectivity index (χ4n) is 5.78. The number of hydrogen-bond acceptors (Lipinski definition) is 4. The Bertz CT molecular complexity index is 673. The van der Waals surface area contributed by atoms with Gasteiger partial charge >= 0.3 is 0 Å². The van der Waals surface area contributed by atoms with Crippen molar-refractivity contribution in [3.05, 3.63) is 12.2 Å². The molecule has 5 nitrogen and oxygen atoms in total. The number of ketones is 1. The van der Waals surface area contributed by atoms with Gasteiger partial charge in [0.25, 0.3) is 0 Å². The van der Waals surface area contributed by atoms with Gasteiger partial charge in [0.1, 0.15) is 5.78 Å². The van der Waals surface area contributed by atoms with Crippen molar-refractivity contribution < 1.29 is 19.5 Å². The summed E-state index contributed by atoms with van der Waals surface area (Å²) in [7, 11) is 0. The summed E-state index contributed by atoms with van der Waals surface area (Å²) in [5.41, 5.74) is 0.138. The van der Waals surface area contributed by atoms with E-state index in [9.17, 15) is 19.5 Å². The van der Waals surface area contributed by atoms with Gasteiger partial charge in [-0.05, 0) is 36.0 Å².